The molecule has 286 valence electrons. The molecule has 1 aliphatic heterocycles. The minimum absolute atomic E-state index is 0.190. The van der Waals surface area contributed by atoms with Gasteiger partial charge in [0.1, 0.15) is 5.76 Å². The molecule has 0 spiro atoms. The van der Waals surface area contributed by atoms with Gasteiger partial charge in [-0.1, -0.05) is 19.1 Å². The van der Waals surface area contributed by atoms with Gasteiger partial charge in [-0.25, -0.2) is 0 Å². The predicted octanol–water partition coefficient (Wildman–Crippen LogP) is 7.43. The fourth-order valence-electron chi connectivity index (χ4n) is 7.68. The zero-order valence-electron chi connectivity index (χ0n) is 32.6. The van der Waals surface area contributed by atoms with Gasteiger partial charge in [-0.15, -0.1) is 0 Å². The summed E-state index contributed by atoms with van der Waals surface area (Å²) in [5, 5.41) is 0. The minimum atomic E-state index is 0.190. The Balaban J connectivity index is 1.23. The molecule has 2 aliphatic rings. The molecule has 1 aliphatic carbocycles. The number of rotatable bonds is 15. The van der Waals surface area contributed by atoms with Crippen LogP contribution in [-0.4, -0.2) is 94.7 Å². The molecule has 0 radical (unpaired) electrons. The summed E-state index contributed by atoms with van der Waals surface area (Å²) in [6.45, 7) is 5.77. The van der Waals surface area contributed by atoms with Crippen molar-refractivity contribution < 1.29 is 33.2 Å². The van der Waals surface area contributed by atoms with Crippen LogP contribution in [-0.2, 0) is 17.8 Å². The number of methoxy groups -OCH3 is 7. The van der Waals surface area contributed by atoms with Gasteiger partial charge in [-0.3, -0.25) is 19.8 Å². The van der Waals surface area contributed by atoms with Gasteiger partial charge in [0.25, 0.3) is 0 Å². The van der Waals surface area contributed by atoms with Crippen molar-refractivity contribution in [3.8, 4) is 57.0 Å². The summed E-state index contributed by atoms with van der Waals surface area (Å²) < 4.78 is 39.4. The van der Waals surface area contributed by atoms with Gasteiger partial charge in [0.2, 0.25) is 11.5 Å². The van der Waals surface area contributed by atoms with E-state index in [1.165, 1.54) is 5.56 Å². The number of piperidine rings is 1. The number of benzene rings is 2. The lowest BCUT2D eigenvalue weighted by Crippen LogP contribution is -2.50. The second kappa shape index (κ2) is 17.7. The Morgan fingerprint density at radius 1 is 0.704 bits per heavy atom. The van der Waals surface area contributed by atoms with Crippen LogP contribution in [0.5, 0.6) is 34.5 Å². The van der Waals surface area contributed by atoms with Crippen LogP contribution in [0.25, 0.3) is 22.5 Å². The first kappa shape index (κ1) is 38.5. The minimum Gasteiger partial charge on any atom is -0.497 e. The number of aromatic nitrogens is 2. The van der Waals surface area contributed by atoms with Crippen LogP contribution in [0.4, 0.5) is 0 Å². The Morgan fingerprint density at radius 2 is 1.31 bits per heavy atom. The smallest absolute Gasteiger partial charge is 0.203 e. The largest absolute Gasteiger partial charge is 0.497 e. The molecule has 1 saturated heterocycles. The number of allylic oxidation sites excluding steroid dienone is 1. The first-order valence-corrected chi connectivity index (χ1v) is 18.3. The van der Waals surface area contributed by atoms with Gasteiger partial charge < -0.3 is 33.2 Å². The third kappa shape index (κ3) is 8.27. The van der Waals surface area contributed by atoms with Crippen molar-refractivity contribution >= 4 is 0 Å². The maximum Gasteiger partial charge on any atom is 0.203 e. The highest BCUT2D eigenvalue weighted by molar-refractivity contribution is 5.71. The summed E-state index contributed by atoms with van der Waals surface area (Å²) in [6.07, 6.45) is 12.4. The first-order valence-electron chi connectivity index (χ1n) is 18.3. The van der Waals surface area contributed by atoms with Crippen molar-refractivity contribution in [3.05, 3.63) is 96.0 Å². The SMILES string of the molecule is COC1=CC(C)C(N(Cc2cccnc2-c2cc(OC)c(OC)c(OC)c2)C2CCN(Cc3ccnc(-c4cc(OC)c(OC)c(OC)c4)c3)CC2)C=C1. The number of hydrogen-bond donors (Lipinski definition) is 0. The normalized spacial score (nSPS) is 17.5. The van der Waals surface area contributed by atoms with Crippen LogP contribution < -0.4 is 28.4 Å². The third-order valence-corrected chi connectivity index (χ3v) is 10.4. The molecule has 54 heavy (non-hydrogen) atoms. The van der Waals surface area contributed by atoms with Crippen LogP contribution >= 0.6 is 0 Å². The average molecular weight is 737 g/mol. The van der Waals surface area contributed by atoms with Gasteiger partial charge in [0.15, 0.2) is 23.0 Å². The van der Waals surface area contributed by atoms with Crippen molar-refractivity contribution in [3.63, 3.8) is 0 Å². The molecule has 1 fully saturated rings. The molecule has 0 N–H and O–H groups in total. The Morgan fingerprint density at radius 3 is 1.87 bits per heavy atom. The lowest BCUT2D eigenvalue weighted by atomic mass is 9.90. The molecular formula is C43H52N4O7. The van der Waals surface area contributed by atoms with E-state index in [1.54, 1.807) is 49.8 Å². The van der Waals surface area contributed by atoms with Crippen LogP contribution in [0.1, 0.15) is 30.9 Å². The van der Waals surface area contributed by atoms with Crippen molar-refractivity contribution in [2.45, 2.75) is 44.9 Å². The van der Waals surface area contributed by atoms with E-state index in [4.69, 9.17) is 38.1 Å². The van der Waals surface area contributed by atoms with E-state index in [1.807, 2.05) is 42.7 Å². The zero-order chi connectivity index (χ0) is 38.2. The van der Waals surface area contributed by atoms with Crippen molar-refractivity contribution in [1.29, 1.82) is 0 Å². The highest BCUT2D eigenvalue weighted by atomic mass is 16.5. The molecule has 0 saturated carbocycles. The maximum atomic E-state index is 5.70. The molecule has 3 heterocycles. The summed E-state index contributed by atoms with van der Waals surface area (Å²) in [4.78, 5) is 14.8. The Hall–Kier alpha value is -5.26. The summed E-state index contributed by atoms with van der Waals surface area (Å²) >= 11 is 0. The summed E-state index contributed by atoms with van der Waals surface area (Å²) in [7, 11) is 11.5. The van der Waals surface area contributed by atoms with Crippen LogP contribution in [0.3, 0.4) is 0 Å². The van der Waals surface area contributed by atoms with Crippen LogP contribution in [0.15, 0.2) is 84.9 Å². The van der Waals surface area contributed by atoms with Crippen LogP contribution in [0, 0.1) is 5.92 Å². The highest BCUT2D eigenvalue weighted by Crippen LogP contribution is 2.43. The molecule has 0 bridgehead atoms. The molecule has 2 atom stereocenters. The van der Waals surface area contributed by atoms with E-state index in [2.05, 4.69) is 58.1 Å². The quantitative estimate of drug-likeness (QED) is 0.122. The van der Waals surface area contributed by atoms with Crippen molar-refractivity contribution in [2.24, 2.45) is 5.92 Å². The van der Waals surface area contributed by atoms with Gasteiger partial charge in [0.05, 0.1) is 61.2 Å². The molecule has 2 aromatic heterocycles. The molecule has 11 heteroatoms. The monoisotopic (exact) mass is 736 g/mol. The molecule has 2 aromatic carbocycles. The van der Waals surface area contributed by atoms with Crippen molar-refractivity contribution in [2.75, 3.05) is 62.9 Å². The van der Waals surface area contributed by atoms with E-state index in [9.17, 15) is 0 Å². The molecule has 2 unspecified atom stereocenters. The third-order valence-electron chi connectivity index (χ3n) is 10.4. The molecule has 11 nitrogen and oxygen atoms in total. The second-order valence-electron chi connectivity index (χ2n) is 13.6. The number of hydrogen-bond acceptors (Lipinski definition) is 11. The fraction of sp³-hybridized carbons (Fsp3) is 0.395. The number of ether oxygens (including phenoxy) is 7. The lowest BCUT2D eigenvalue weighted by Gasteiger charge is -2.44. The molecule has 6 rings (SSSR count). The Labute approximate surface area is 319 Å². The maximum absolute atomic E-state index is 5.70. The Bertz CT molecular complexity index is 1910. The van der Waals surface area contributed by atoms with Gasteiger partial charge in [0, 0.05) is 48.7 Å². The number of nitrogens with zero attached hydrogens (tertiary/aromatic N) is 4. The summed E-state index contributed by atoms with van der Waals surface area (Å²) in [5.41, 5.74) is 5.89. The zero-order valence-corrected chi connectivity index (χ0v) is 32.6. The fourth-order valence-corrected chi connectivity index (χ4v) is 7.68. The summed E-state index contributed by atoms with van der Waals surface area (Å²) in [5.74, 6) is 4.67. The van der Waals surface area contributed by atoms with E-state index in [0.717, 1.165) is 72.9 Å². The molecule has 4 aromatic rings. The molecule has 0 amide bonds. The number of pyridine rings is 2. The highest BCUT2D eigenvalue weighted by Gasteiger charge is 2.33. The topological polar surface area (TPSA) is 96.9 Å². The van der Waals surface area contributed by atoms with Gasteiger partial charge in [-0.2, -0.15) is 0 Å². The first-order chi connectivity index (χ1) is 26.3. The van der Waals surface area contributed by atoms with E-state index < -0.39 is 0 Å². The lowest BCUT2D eigenvalue weighted by molar-refractivity contribution is 0.0663. The average Bonchev–Trinajstić information content (AvgIpc) is 3.22. The van der Waals surface area contributed by atoms with Gasteiger partial charge >= 0.3 is 0 Å². The van der Waals surface area contributed by atoms with E-state index in [0.29, 0.717) is 40.5 Å². The summed E-state index contributed by atoms with van der Waals surface area (Å²) in [6, 6.07) is 16.8. The molecular weight excluding hydrogens is 684 g/mol. The number of likely N-dealkylation sites (tertiary alicyclic amines) is 1. The van der Waals surface area contributed by atoms with Gasteiger partial charge in [-0.05, 0) is 97.6 Å². The van der Waals surface area contributed by atoms with Crippen LogP contribution in [0.2, 0.25) is 0 Å². The predicted molar refractivity (Wildman–Crippen MR) is 210 cm³/mol. The van der Waals surface area contributed by atoms with E-state index in [-0.39, 0.29) is 12.0 Å². The Kier molecular flexibility index (Phi) is 12.6. The van der Waals surface area contributed by atoms with E-state index >= 15 is 0 Å². The van der Waals surface area contributed by atoms with Crippen molar-refractivity contribution in [1.82, 2.24) is 19.8 Å². The standard InChI is InChI=1S/C43H52N4O7/c1-28-20-34(48-2)11-12-36(28)47(27-30-10-9-16-45-41(30)32-24-39(51-5)43(54-8)40(25-32)52-6)33-14-18-46(19-15-33)26-29-13-17-44-35(21-29)31-22-37(49-3)42(53-7)38(23-31)50-4/h9-13,16-17,20-25,28,33,36H,14-15,18-19,26-27H2,1-8H3. The second-order valence-corrected chi connectivity index (χ2v) is 13.6.